The third kappa shape index (κ3) is 16.5. The summed E-state index contributed by atoms with van der Waals surface area (Å²) in [7, 11) is 0.0622. The van der Waals surface area contributed by atoms with E-state index in [-0.39, 0.29) is 24.0 Å². The number of nitrogens with zero attached hydrogens (tertiary/aromatic N) is 1. The maximum atomic E-state index is 11.3. The zero-order valence-corrected chi connectivity index (χ0v) is 17.8. The molecule has 23 heavy (non-hydrogen) atoms. The molecule has 0 unspecified atom stereocenters. The number of guanidine groups is 1. The number of halogens is 1. The highest BCUT2D eigenvalue weighted by atomic mass is 127. The van der Waals surface area contributed by atoms with Gasteiger partial charge in [0.15, 0.2) is 5.96 Å². The van der Waals surface area contributed by atoms with E-state index in [9.17, 15) is 8.42 Å². The molecule has 0 saturated heterocycles. The number of aliphatic imine (C=N–C) groups is 1. The number of hydrogen-bond acceptors (Lipinski definition) is 5. The predicted molar refractivity (Wildman–Crippen MR) is 104 cm³/mol. The van der Waals surface area contributed by atoms with Gasteiger partial charge in [-0.2, -0.15) is 0 Å². The van der Waals surface area contributed by atoms with E-state index in [4.69, 9.17) is 9.47 Å². The summed E-state index contributed by atoms with van der Waals surface area (Å²) < 4.78 is 35.4. The van der Waals surface area contributed by atoms with Crippen molar-refractivity contribution >= 4 is 40.0 Å². The molecule has 0 amide bonds. The van der Waals surface area contributed by atoms with Crippen LogP contribution in [0.1, 0.15) is 20.3 Å². The van der Waals surface area contributed by atoms with Gasteiger partial charge >= 0.3 is 0 Å². The SMILES string of the molecule is CN=C(NCCCOCCOC)NCC(C)(C)NS(C)(=O)=O.I. The molecular weight excluding hydrogens is 435 g/mol. The van der Waals surface area contributed by atoms with Gasteiger partial charge in [0, 0.05) is 39.4 Å². The second-order valence-corrected chi connectivity index (χ2v) is 7.32. The quantitative estimate of drug-likeness (QED) is 0.174. The second kappa shape index (κ2) is 13.2. The summed E-state index contributed by atoms with van der Waals surface area (Å²) in [4.78, 5) is 4.09. The van der Waals surface area contributed by atoms with Gasteiger partial charge < -0.3 is 20.1 Å². The predicted octanol–water partition coefficient (Wildman–Crippen LogP) is 0.150. The van der Waals surface area contributed by atoms with Crippen molar-refractivity contribution in [1.29, 1.82) is 0 Å². The molecule has 0 aromatic rings. The van der Waals surface area contributed by atoms with E-state index in [0.717, 1.165) is 12.7 Å². The molecule has 0 aromatic heterocycles. The van der Waals surface area contributed by atoms with E-state index in [1.54, 1.807) is 28.0 Å². The van der Waals surface area contributed by atoms with Gasteiger partial charge in [0.25, 0.3) is 0 Å². The van der Waals surface area contributed by atoms with Crippen molar-refractivity contribution in [3.05, 3.63) is 0 Å². The lowest BCUT2D eigenvalue weighted by Crippen LogP contribution is -2.53. The molecule has 10 heteroatoms. The summed E-state index contributed by atoms with van der Waals surface area (Å²) >= 11 is 0. The zero-order chi connectivity index (χ0) is 17.1. The van der Waals surface area contributed by atoms with Crippen molar-refractivity contribution in [1.82, 2.24) is 15.4 Å². The maximum Gasteiger partial charge on any atom is 0.209 e. The molecule has 0 radical (unpaired) electrons. The summed E-state index contributed by atoms with van der Waals surface area (Å²) in [6.45, 7) is 6.58. The lowest BCUT2D eigenvalue weighted by atomic mass is 10.1. The monoisotopic (exact) mass is 466 g/mol. The summed E-state index contributed by atoms with van der Waals surface area (Å²) in [6.07, 6.45) is 1.99. The van der Waals surface area contributed by atoms with Crippen molar-refractivity contribution < 1.29 is 17.9 Å². The van der Waals surface area contributed by atoms with Crippen LogP contribution in [0.2, 0.25) is 0 Å². The Labute approximate surface area is 157 Å². The first-order valence-corrected chi connectivity index (χ1v) is 9.09. The summed E-state index contributed by atoms with van der Waals surface area (Å²) in [6, 6.07) is 0. The minimum absolute atomic E-state index is 0. The smallest absolute Gasteiger partial charge is 0.209 e. The van der Waals surface area contributed by atoms with E-state index >= 15 is 0 Å². The molecule has 140 valence electrons. The van der Waals surface area contributed by atoms with Gasteiger partial charge in [-0.3, -0.25) is 4.99 Å². The van der Waals surface area contributed by atoms with Crippen molar-refractivity contribution in [2.45, 2.75) is 25.8 Å². The van der Waals surface area contributed by atoms with Crippen molar-refractivity contribution in [3.63, 3.8) is 0 Å². The first-order chi connectivity index (χ1) is 10.2. The standard InChI is InChI=1S/C13H30N4O4S.HI/c1-13(2,17-22(5,18)19)11-16-12(14-3)15-7-6-8-21-10-9-20-4;/h17H,6-11H2,1-5H3,(H2,14,15,16);1H. The minimum Gasteiger partial charge on any atom is -0.382 e. The van der Waals surface area contributed by atoms with Crippen LogP contribution in [-0.4, -0.2) is 73.2 Å². The fourth-order valence-corrected chi connectivity index (χ4v) is 2.76. The van der Waals surface area contributed by atoms with Gasteiger partial charge in [-0.25, -0.2) is 13.1 Å². The topological polar surface area (TPSA) is 101 Å². The molecule has 0 bridgehead atoms. The van der Waals surface area contributed by atoms with Gasteiger partial charge in [0.1, 0.15) is 0 Å². The molecule has 0 heterocycles. The Kier molecular flexibility index (Phi) is 14.3. The molecule has 0 fully saturated rings. The molecular formula is C13H31IN4O4S. The Bertz CT molecular complexity index is 430. The van der Waals surface area contributed by atoms with Crippen LogP contribution in [0.5, 0.6) is 0 Å². The highest BCUT2D eigenvalue weighted by molar-refractivity contribution is 14.0. The van der Waals surface area contributed by atoms with Crippen LogP contribution in [0.15, 0.2) is 4.99 Å². The zero-order valence-electron chi connectivity index (χ0n) is 14.6. The van der Waals surface area contributed by atoms with E-state index < -0.39 is 15.6 Å². The van der Waals surface area contributed by atoms with Gasteiger partial charge in [-0.15, -0.1) is 24.0 Å². The van der Waals surface area contributed by atoms with Crippen LogP contribution in [-0.2, 0) is 19.5 Å². The lowest BCUT2D eigenvalue weighted by molar-refractivity contribution is 0.0698. The van der Waals surface area contributed by atoms with E-state index in [1.807, 2.05) is 0 Å². The second-order valence-electron chi connectivity index (χ2n) is 5.57. The first-order valence-electron chi connectivity index (χ1n) is 7.20. The number of nitrogens with one attached hydrogen (secondary N) is 3. The minimum atomic E-state index is -3.25. The van der Waals surface area contributed by atoms with Crippen LogP contribution in [0.4, 0.5) is 0 Å². The Morgan fingerprint density at radius 2 is 1.83 bits per heavy atom. The van der Waals surface area contributed by atoms with Gasteiger partial charge in [-0.1, -0.05) is 0 Å². The highest BCUT2D eigenvalue weighted by Crippen LogP contribution is 2.01. The van der Waals surface area contributed by atoms with Gasteiger partial charge in [-0.05, 0) is 20.3 Å². The van der Waals surface area contributed by atoms with Crippen molar-refractivity contribution in [2.75, 3.05) is 53.3 Å². The molecule has 8 nitrogen and oxygen atoms in total. The maximum absolute atomic E-state index is 11.3. The van der Waals surface area contributed by atoms with E-state index in [1.165, 1.54) is 0 Å². The van der Waals surface area contributed by atoms with E-state index in [0.29, 0.717) is 38.9 Å². The number of ether oxygens (including phenoxy) is 2. The molecule has 0 atom stereocenters. The fourth-order valence-electron chi connectivity index (χ4n) is 1.69. The van der Waals surface area contributed by atoms with E-state index in [2.05, 4.69) is 20.3 Å². The largest absolute Gasteiger partial charge is 0.382 e. The van der Waals surface area contributed by atoms with Crippen LogP contribution in [0.3, 0.4) is 0 Å². The Hall–Kier alpha value is -0.170. The molecule has 0 spiro atoms. The van der Waals surface area contributed by atoms with Crippen molar-refractivity contribution in [2.24, 2.45) is 4.99 Å². The normalized spacial score (nSPS) is 12.7. The molecule has 3 N–H and O–H groups in total. The fraction of sp³-hybridized carbons (Fsp3) is 0.923. The van der Waals surface area contributed by atoms with Crippen LogP contribution < -0.4 is 15.4 Å². The first kappa shape index (κ1) is 25.1. The highest BCUT2D eigenvalue weighted by Gasteiger charge is 2.22. The van der Waals surface area contributed by atoms with Gasteiger partial charge in [0.05, 0.1) is 19.5 Å². The number of sulfonamides is 1. The van der Waals surface area contributed by atoms with Crippen LogP contribution in [0, 0.1) is 0 Å². The summed E-state index contributed by atoms with van der Waals surface area (Å²) in [5.41, 5.74) is -0.603. The Balaban J connectivity index is 0. The average Bonchev–Trinajstić information content (AvgIpc) is 2.38. The summed E-state index contributed by atoms with van der Waals surface area (Å²) in [5.74, 6) is 0.625. The number of hydrogen-bond donors (Lipinski definition) is 3. The van der Waals surface area contributed by atoms with Crippen LogP contribution >= 0.6 is 24.0 Å². The molecule has 0 aliphatic rings. The molecule has 0 aromatic carbocycles. The Morgan fingerprint density at radius 3 is 2.35 bits per heavy atom. The number of rotatable bonds is 11. The van der Waals surface area contributed by atoms with Gasteiger partial charge in [0.2, 0.25) is 10.0 Å². The Morgan fingerprint density at radius 1 is 1.17 bits per heavy atom. The third-order valence-electron chi connectivity index (χ3n) is 2.57. The molecule has 0 saturated carbocycles. The lowest BCUT2D eigenvalue weighted by Gasteiger charge is -2.26. The average molecular weight is 466 g/mol. The van der Waals surface area contributed by atoms with Crippen molar-refractivity contribution in [3.8, 4) is 0 Å². The third-order valence-corrected chi connectivity index (χ3v) is 3.50. The molecule has 0 aliphatic heterocycles. The summed E-state index contributed by atoms with van der Waals surface area (Å²) in [5, 5.41) is 6.24. The van der Waals surface area contributed by atoms with Crippen LogP contribution in [0.25, 0.3) is 0 Å². The molecule has 0 rings (SSSR count). The molecule has 0 aliphatic carbocycles. The number of methoxy groups -OCH3 is 1.